The van der Waals surface area contributed by atoms with Crippen LogP contribution in [0.1, 0.15) is 34.6 Å². The standard InChI is InChI=1S/C22H19Cl2FN4O3/c1-10-20-11(4-13(23)7-15(20)24)2-3-29(10)19(30)9-27-17-5-12-6-18(21(26)31)28-22(32)14(12)8-16(17)25/h4-8,10,27H,2-3,9H2,1H3,(H2,26,31)(H,28,32). The van der Waals surface area contributed by atoms with E-state index in [0.717, 1.165) is 17.2 Å². The van der Waals surface area contributed by atoms with Crippen LogP contribution in [0.3, 0.4) is 0 Å². The van der Waals surface area contributed by atoms with E-state index in [-0.39, 0.29) is 35.3 Å². The maximum absolute atomic E-state index is 14.6. The summed E-state index contributed by atoms with van der Waals surface area (Å²) in [5.41, 5.74) is 6.39. The van der Waals surface area contributed by atoms with Gasteiger partial charge in [0.05, 0.1) is 23.7 Å². The first-order valence-electron chi connectivity index (χ1n) is 9.83. The highest BCUT2D eigenvalue weighted by Gasteiger charge is 2.29. The Morgan fingerprint density at radius 3 is 2.72 bits per heavy atom. The molecule has 1 aliphatic heterocycles. The van der Waals surface area contributed by atoms with Gasteiger partial charge < -0.3 is 20.9 Å². The van der Waals surface area contributed by atoms with Crippen LogP contribution in [0, 0.1) is 5.82 Å². The second-order valence-electron chi connectivity index (χ2n) is 7.62. The molecule has 10 heteroatoms. The fourth-order valence-corrected chi connectivity index (χ4v) is 4.77. The Balaban J connectivity index is 1.55. The molecule has 2 heterocycles. The van der Waals surface area contributed by atoms with Crippen LogP contribution in [0.15, 0.2) is 35.1 Å². The van der Waals surface area contributed by atoms with E-state index in [1.54, 1.807) is 11.0 Å². The molecule has 1 unspecified atom stereocenters. The summed E-state index contributed by atoms with van der Waals surface area (Å²) in [7, 11) is 0. The summed E-state index contributed by atoms with van der Waals surface area (Å²) in [6, 6.07) is 7.02. The van der Waals surface area contributed by atoms with Crippen molar-refractivity contribution >= 4 is 51.5 Å². The molecule has 0 spiro atoms. The normalized spacial score (nSPS) is 15.5. The average molecular weight is 477 g/mol. The van der Waals surface area contributed by atoms with E-state index in [0.29, 0.717) is 28.4 Å². The zero-order valence-electron chi connectivity index (χ0n) is 17.0. The molecule has 7 nitrogen and oxygen atoms in total. The van der Waals surface area contributed by atoms with Crippen LogP contribution in [-0.4, -0.2) is 34.8 Å². The highest BCUT2D eigenvalue weighted by atomic mass is 35.5. The molecule has 0 saturated heterocycles. The molecule has 2 aromatic carbocycles. The van der Waals surface area contributed by atoms with Gasteiger partial charge in [-0.05, 0) is 60.2 Å². The Bertz CT molecular complexity index is 1320. The van der Waals surface area contributed by atoms with Crippen LogP contribution in [0.4, 0.5) is 10.1 Å². The Morgan fingerprint density at radius 1 is 1.25 bits per heavy atom. The number of aromatic nitrogens is 1. The van der Waals surface area contributed by atoms with Gasteiger partial charge in [0.15, 0.2) is 0 Å². The van der Waals surface area contributed by atoms with E-state index in [9.17, 15) is 18.8 Å². The van der Waals surface area contributed by atoms with Crippen LogP contribution in [0.2, 0.25) is 10.0 Å². The summed E-state index contributed by atoms with van der Waals surface area (Å²) in [4.78, 5) is 40.4. The fourth-order valence-electron chi connectivity index (χ4n) is 4.07. The second kappa shape index (κ2) is 8.44. The summed E-state index contributed by atoms with van der Waals surface area (Å²) in [5, 5.41) is 4.23. The molecule has 1 aliphatic rings. The zero-order valence-corrected chi connectivity index (χ0v) is 18.5. The van der Waals surface area contributed by atoms with Gasteiger partial charge in [-0.2, -0.15) is 0 Å². The summed E-state index contributed by atoms with van der Waals surface area (Å²) in [6.07, 6.45) is 0.606. The summed E-state index contributed by atoms with van der Waals surface area (Å²) in [6.45, 7) is 2.19. The molecule has 0 saturated carbocycles. The predicted molar refractivity (Wildman–Crippen MR) is 122 cm³/mol. The van der Waals surface area contributed by atoms with Crippen molar-refractivity contribution in [2.24, 2.45) is 5.73 Å². The van der Waals surface area contributed by atoms with Crippen molar-refractivity contribution in [3.05, 3.63) is 73.4 Å². The largest absolute Gasteiger partial charge is 0.374 e. The van der Waals surface area contributed by atoms with Crippen LogP contribution in [-0.2, 0) is 11.2 Å². The van der Waals surface area contributed by atoms with Gasteiger partial charge in [-0.3, -0.25) is 14.4 Å². The number of benzene rings is 2. The highest BCUT2D eigenvalue weighted by Crippen LogP contribution is 2.37. The Kier molecular flexibility index (Phi) is 5.83. The molecule has 0 fully saturated rings. The van der Waals surface area contributed by atoms with Crippen LogP contribution >= 0.6 is 23.2 Å². The first kappa shape index (κ1) is 22.1. The number of hydrogen-bond acceptors (Lipinski definition) is 4. The third-order valence-corrected chi connectivity index (χ3v) is 6.17. The molecule has 166 valence electrons. The maximum atomic E-state index is 14.6. The number of amides is 2. The lowest BCUT2D eigenvalue weighted by molar-refractivity contribution is -0.131. The average Bonchev–Trinajstić information content (AvgIpc) is 2.72. The first-order valence-corrected chi connectivity index (χ1v) is 10.6. The number of carbonyl (C=O) groups excluding carboxylic acids is 2. The lowest BCUT2D eigenvalue weighted by Crippen LogP contribution is -2.42. The van der Waals surface area contributed by atoms with E-state index in [2.05, 4.69) is 10.3 Å². The molecule has 2 amide bonds. The number of fused-ring (bicyclic) bond motifs is 2. The molecule has 1 atom stereocenters. The Labute approximate surface area is 192 Å². The van der Waals surface area contributed by atoms with E-state index in [1.807, 2.05) is 13.0 Å². The van der Waals surface area contributed by atoms with E-state index in [1.165, 1.54) is 12.1 Å². The predicted octanol–water partition coefficient (Wildman–Crippen LogP) is 3.63. The summed E-state index contributed by atoms with van der Waals surface area (Å²) in [5.74, 6) is -1.74. The Hall–Kier alpha value is -3.10. The molecular weight excluding hydrogens is 458 g/mol. The zero-order chi connectivity index (χ0) is 23.2. The third-order valence-electron chi connectivity index (χ3n) is 5.64. The number of hydrogen-bond donors (Lipinski definition) is 3. The molecule has 0 radical (unpaired) electrons. The minimum absolute atomic E-state index is 0.0294. The molecular formula is C22H19Cl2FN4O3. The van der Waals surface area contributed by atoms with Crippen molar-refractivity contribution in [3.8, 4) is 0 Å². The molecule has 0 bridgehead atoms. The smallest absolute Gasteiger partial charge is 0.265 e. The van der Waals surface area contributed by atoms with Crippen molar-refractivity contribution in [1.82, 2.24) is 9.88 Å². The number of primary amides is 1. The van der Waals surface area contributed by atoms with Crippen LogP contribution in [0.25, 0.3) is 10.8 Å². The lowest BCUT2D eigenvalue weighted by Gasteiger charge is -2.36. The number of pyridine rings is 1. The number of nitrogens with zero attached hydrogens (tertiary/aromatic N) is 1. The summed E-state index contributed by atoms with van der Waals surface area (Å²) >= 11 is 12.4. The van der Waals surface area contributed by atoms with E-state index >= 15 is 0 Å². The molecule has 4 N–H and O–H groups in total. The molecule has 0 aliphatic carbocycles. The van der Waals surface area contributed by atoms with Crippen molar-refractivity contribution in [1.29, 1.82) is 0 Å². The van der Waals surface area contributed by atoms with E-state index < -0.39 is 17.3 Å². The van der Waals surface area contributed by atoms with E-state index in [4.69, 9.17) is 28.9 Å². The first-order chi connectivity index (χ1) is 15.2. The number of halogens is 3. The SMILES string of the molecule is CC1c2c(Cl)cc(Cl)cc2CCN1C(=O)CNc1cc2cc(C(N)=O)[nH]c(=O)c2cc1F. The number of carbonyl (C=O) groups is 2. The molecule has 1 aromatic heterocycles. The molecule has 32 heavy (non-hydrogen) atoms. The monoisotopic (exact) mass is 476 g/mol. The Morgan fingerprint density at radius 2 is 2.00 bits per heavy atom. The minimum Gasteiger partial charge on any atom is -0.374 e. The van der Waals surface area contributed by atoms with Crippen LogP contribution in [0.5, 0.6) is 0 Å². The van der Waals surface area contributed by atoms with Crippen molar-refractivity contribution < 1.29 is 14.0 Å². The number of aromatic amines is 1. The number of H-pyrrole nitrogens is 1. The van der Waals surface area contributed by atoms with Gasteiger partial charge in [0.25, 0.3) is 11.5 Å². The minimum atomic E-state index is -0.808. The number of nitrogens with one attached hydrogen (secondary N) is 2. The fraction of sp³-hybridized carbons (Fsp3) is 0.227. The van der Waals surface area contributed by atoms with Gasteiger partial charge in [-0.25, -0.2) is 4.39 Å². The van der Waals surface area contributed by atoms with Gasteiger partial charge in [0.2, 0.25) is 5.91 Å². The lowest BCUT2D eigenvalue weighted by atomic mass is 9.93. The number of rotatable bonds is 4. The van der Waals surface area contributed by atoms with Gasteiger partial charge in [-0.1, -0.05) is 23.2 Å². The topological polar surface area (TPSA) is 108 Å². The van der Waals surface area contributed by atoms with Gasteiger partial charge in [0.1, 0.15) is 11.5 Å². The third kappa shape index (κ3) is 4.03. The van der Waals surface area contributed by atoms with Crippen LogP contribution < -0.4 is 16.6 Å². The highest BCUT2D eigenvalue weighted by molar-refractivity contribution is 6.35. The maximum Gasteiger partial charge on any atom is 0.265 e. The molecule has 4 rings (SSSR count). The quantitative estimate of drug-likeness (QED) is 0.533. The van der Waals surface area contributed by atoms with Gasteiger partial charge in [0, 0.05) is 16.6 Å². The number of nitrogens with two attached hydrogens (primary N) is 1. The van der Waals surface area contributed by atoms with Gasteiger partial charge >= 0.3 is 0 Å². The van der Waals surface area contributed by atoms with Crippen molar-refractivity contribution in [2.45, 2.75) is 19.4 Å². The number of anilines is 1. The van der Waals surface area contributed by atoms with Crippen molar-refractivity contribution in [3.63, 3.8) is 0 Å². The molecule has 3 aromatic rings. The summed E-state index contributed by atoms with van der Waals surface area (Å²) < 4.78 is 14.6. The van der Waals surface area contributed by atoms with Gasteiger partial charge in [-0.15, -0.1) is 0 Å². The second-order valence-corrected chi connectivity index (χ2v) is 8.47. The van der Waals surface area contributed by atoms with Crippen molar-refractivity contribution in [2.75, 3.05) is 18.4 Å².